The Balaban J connectivity index is 1.16. The standard InChI is InChI=1S/C44H38N4/c45-27-29-16-19-31(20-17-29)32-8-7-9-33(23-32)34-24-35(47-41-13-4-1-10-37(41)38-11-2-5-14-42(38)47)26-36(25-34)48-43-15-6-3-12-39(43)40-22-30(28-46)18-21-44(40)48/h1-4,6-13,15-17,19,22-23,25-26,31,35,37,39,41,43H,5,14,18,20-21,24H2. The van der Waals surface area contributed by atoms with Gasteiger partial charge in [0.1, 0.15) is 0 Å². The van der Waals surface area contributed by atoms with Crippen LogP contribution in [0.5, 0.6) is 0 Å². The minimum absolute atomic E-state index is 0.202. The summed E-state index contributed by atoms with van der Waals surface area (Å²) in [5.74, 6) is 0.914. The number of nitrogens with zero attached hydrogens (tertiary/aromatic N) is 4. The molecule has 1 aromatic rings. The first-order chi connectivity index (χ1) is 23.7. The van der Waals surface area contributed by atoms with Crippen LogP contribution in [0, 0.1) is 34.5 Å². The average Bonchev–Trinajstić information content (AvgIpc) is 3.67. The highest BCUT2D eigenvalue weighted by Gasteiger charge is 2.44. The largest absolute Gasteiger partial charge is 0.360 e. The van der Waals surface area contributed by atoms with E-state index in [2.05, 4.69) is 137 Å². The Hall–Kier alpha value is -5.32. The second kappa shape index (κ2) is 11.7. The minimum Gasteiger partial charge on any atom is -0.360 e. The molecule has 0 amide bonds. The van der Waals surface area contributed by atoms with Crippen molar-refractivity contribution in [3.8, 4) is 12.1 Å². The van der Waals surface area contributed by atoms with Crippen LogP contribution in [0.1, 0.15) is 55.6 Å². The number of fused-ring (bicyclic) bond motifs is 4. The molecule has 0 aromatic heterocycles. The van der Waals surface area contributed by atoms with Gasteiger partial charge in [0.15, 0.2) is 0 Å². The Morgan fingerprint density at radius 2 is 1.60 bits per heavy atom. The summed E-state index contributed by atoms with van der Waals surface area (Å²) in [4.78, 5) is 5.37. The third-order valence-corrected chi connectivity index (χ3v) is 11.4. The van der Waals surface area contributed by atoms with Crippen LogP contribution in [-0.4, -0.2) is 27.9 Å². The molecule has 8 aliphatic rings. The molecule has 2 heterocycles. The molecule has 0 N–H and O–H groups in total. The molecule has 2 aliphatic heterocycles. The number of hydrogen-bond donors (Lipinski definition) is 0. The van der Waals surface area contributed by atoms with Crippen molar-refractivity contribution in [3.63, 3.8) is 0 Å². The van der Waals surface area contributed by atoms with Crippen molar-refractivity contribution in [3.05, 3.63) is 172 Å². The van der Waals surface area contributed by atoms with E-state index in [4.69, 9.17) is 0 Å². The van der Waals surface area contributed by atoms with Crippen molar-refractivity contribution in [1.29, 1.82) is 10.5 Å². The fourth-order valence-electron chi connectivity index (χ4n) is 9.23. The number of hydrogen-bond acceptors (Lipinski definition) is 4. The maximum absolute atomic E-state index is 9.82. The van der Waals surface area contributed by atoms with Crippen LogP contribution in [-0.2, 0) is 0 Å². The van der Waals surface area contributed by atoms with E-state index in [1.54, 1.807) is 0 Å². The van der Waals surface area contributed by atoms with E-state index < -0.39 is 0 Å². The third kappa shape index (κ3) is 4.70. The Morgan fingerprint density at radius 1 is 0.771 bits per heavy atom. The lowest BCUT2D eigenvalue weighted by Crippen LogP contribution is -2.42. The molecule has 4 nitrogen and oxygen atoms in total. The van der Waals surface area contributed by atoms with Gasteiger partial charge in [0.05, 0.1) is 30.3 Å². The van der Waals surface area contributed by atoms with E-state index >= 15 is 0 Å². The highest BCUT2D eigenvalue weighted by atomic mass is 15.2. The molecule has 9 rings (SSSR count). The maximum atomic E-state index is 9.82. The molecule has 6 aliphatic carbocycles. The van der Waals surface area contributed by atoms with Gasteiger partial charge in [-0.3, -0.25) is 0 Å². The fourth-order valence-corrected chi connectivity index (χ4v) is 9.23. The molecule has 0 radical (unpaired) electrons. The number of nitriles is 2. The molecule has 6 unspecified atom stereocenters. The van der Waals surface area contributed by atoms with Gasteiger partial charge in [-0.2, -0.15) is 10.5 Å². The number of allylic oxidation sites excluding steroid dienone is 15. The first-order valence-electron chi connectivity index (χ1n) is 17.5. The Bertz CT molecular complexity index is 2050. The normalized spacial score (nSPS) is 31.0. The van der Waals surface area contributed by atoms with Crippen molar-refractivity contribution in [2.75, 3.05) is 0 Å². The highest BCUT2D eigenvalue weighted by Crippen LogP contribution is 2.49. The van der Waals surface area contributed by atoms with Gasteiger partial charge in [-0.1, -0.05) is 97.2 Å². The lowest BCUT2D eigenvalue weighted by molar-refractivity contribution is 0.241. The van der Waals surface area contributed by atoms with Gasteiger partial charge >= 0.3 is 0 Å². The number of rotatable bonds is 4. The smallest absolute Gasteiger partial charge is 0.0988 e. The summed E-state index contributed by atoms with van der Waals surface area (Å²) in [7, 11) is 0. The van der Waals surface area contributed by atoms with E-state index in [1.807, 2.05) is 6.08 Å². The van der Waals surface area contributed by atoms with Crippen molar-refractivity contribution in [2.24, 2.45) is 11.8 Å². The topological polar surface area (TPSA) is 54.1 Å². The Morgan fingerprint density at radius 3 is 2.42 bits per heavy atom. The second-order valence-electron chi connectivity index (χ2n) is 14.0. The van der Waals surface area contributed by atoms with Crippen LogP contribution in [0.25, 0.3) is 5.57 Å². The summed E-state index contributed by atoms with van der Waals surface area (Å²) in [6.07, 6.45) is 42.1. The average molecular weight is 623 g/mol. The van der Waals surface area contributed by atoms with Crippen LogP contribution >= 0.6 is 0 Å². The molecule has 48 heavy (non-hydrogen) atoms. The zero-order valence-corrected chi connectivity index (χ0v) is 27.0. The van der Waals surface area contributed by atoms with E-state index in [1.165, 1.54) is 44.9 Å². The zero-order valence-electron chi connectivity index (χ0n) is 27.0. The van der Waals surface area contributed by atoms with Crippen LogP contribution < -0.4 is 0 Å². The van der Waals surface area contributed by atoms with E-state index in [0.29, 0.717) is 12.0 Å². The van der Waals surface area contributed by atoms with Gasteiger partial charge in [0.2, 0.25) is 0 Å². The highest BCUT2D eigenvalue weighted by molar-refractivity contribution is 5.72. The van der Waals surface area contributed by atoms with Gasteiger partial charge in [0.25, 0.3) is 0 Å². The van der Waals surface area contributed by atoms with Crippen molar-refractivity contribution in [2.45, 2.75) is 62.6 Å². The molecule has 0 bridgehead atoms. The summed E-state index contributed by atoms with van der Waals surface area (Å²) in [6.45, 7) is 0. The predicted molar refractivity (Wildman–Crippen MR) is 191 cm³/mol. The molecule has 234 valence electrons. The molecule has 0 spiro atoms. The molecule has 0 fully saturated rings. The van der Waals surface area contributed by atoms with E-state index in [-0.39, 0.29) is 23.9 Å². The monoisotopic (exact) mass is 622 g/mol. The lowest BCUT2D eigenvalue weighted by Gasteiger charge is -2.41. The van der Waals surface area contributed by atoms with Crippen LogP contribution in [0.4, 0.5) is 0 Å². The van der Waals surface area contributed by atoms with Gasteiger partial charge in [0, 0.05) is 46.0 Å². The van der Waals surface area contributed by atoms with E-state index in [0.717, 1.165) is 49.7 Å². The lowest BCUT2D eigenvalue weighted by atomic mass is 9.85. The quantitative estimate of drug-likeness (QED) is 0.336. The summed E-state index contributed by atoms with van der Waals surface area (Å²) in [6, 6.07) is 14.6. The summed E-state index contributed by atoms with van der Waals surface area (Å²) < 4.78 is 0. The van der Waals surface area contributed by atoms with Gasteiger partial charge < -0.3 is 9.80 Å². The molecule has 6 atom stereocenters. The van der Waals surface area contributed by atoms with Crippen molar-refractivity contribution < 1.29 is 0 Å². The first kappa shape index (κ1) is 28.9. The molecular formula is C44H38N4. The van der Waals surface area contributed by atoms with Crippen LogP contribution in [0.15, 0.2) is 161 Å². The molecule has 0 saturated heterocycles. The SMILES string of the molecule is N#CC1=CCC(c2cccc(C3=CC(N4C5=C(C=C(C#N)CC5)C5C=CC=CC54)=CC(N4C5=C(C=CCC5)C5C=CC=CC54)C3)c2)C=C1. The molecule has 1 aromatic carbocycles. The van der Waals surface area contributed by atoms with Gasteiger partial charge in [-0.25, -0.2) is 0 Å². The van der Waals surface area contributed by atoms with E-state index in [9.17, 15) is 10.5 Å². The third-order valence-electron chi connectivity index (χ3n) is 11.4. The van der Waals surface area contributed by atoms with Crippen LogP contribution in [0.2, 0.25) is 0 Å². The maximum Gasteiger partial charge on any atom is 0.0988 e. The second-order valence-corrected chi connectivity index (χ2v) is 14.0. The van der Waals surface area contributed by atoms with Crippen molar-refractivity contribution in [1.82, 2.24) is 9.80 Å². The molecular weight excluding hydrogens is 585 g/mol. The Labute approximate surface area is 283 Å². The van der Waals surface area contributed by atoms with Crippen LogP contribution in [0.3, 0.4) is 0 Å². The molecule has 4 heteroatoms. The number of benzene rings is 1. The predicted octanol–water partition coefficient (Wildman–Crippen LogP) is 9.17. The fraction of sp³-hybridized carbons (Fsp3) is 0.273. The molecule has 0 saturated carbocycles. The zero-order chi connectivity index (χ0) is 32.2. The van der Waals surface area contributed by atoms with Crippen molar-refractivity contribution >= 4 is 5.57 Å². The summed E-state index contributed by atoms with van der Waals surface area (Å²) in [5, 5.41) is 19.2. The Kier molecular flexibility index (Phi) is 7.05. The summed E-state index contributed by atoms with van der Waals surface area (Å²) in [5.41, 5.74) is 12.5. The minimum atomic E-state index is 0.202. The first-order valence-corrected chi connectivity index (χ1v) is 17.5. The van der Waals surface area contributed by atoms with Gasteiger partial charge in [-0.15, -0.1) is 0 Å². The van der Waals surface area contributed by atoms with Gasteiger partial charge in [-0.05, 0) is 90.7 Å². The summed E-state index contributed by atoms with van der Waals surface area (Å²) >= 11 is 0.